The van der Waals surface area contributed by atoms with E-state index < -0.39 is 0 Å². The van der Waals surface area contributed by atoms with Crippen LogP contribution in [0.3, 0.4) is 0 Å². The largest absolute Gasteiger partial charge is 0.497 e. The van der Waals surface area contributed by atoms with Crippen LogP contribution in [0.4, 0.5) is 0 Å². The topological polar surface area (TPSA) is 24.5 Å². The van der Waals surface area contributed by atoms with Crippen LogP contribution in [0.15, 0.2) is 54.6 Å². The highest BCUT2D eigenvalue weighted by molar-refractivity contribution is 5.35. The Hall–Kier alpha value is -1.84. The van der Waals surface area contributed by atoms with Crippen LogP contribution in [-0.4, -0.2) is 39.2 Å². The summed E-state index contributed by atoms with van der Waals surface area (Å²) in [7, 11) is 5.87. The Labute approximate surface area is 127 Å². The minimum atomic E-state index is 0.206. The first-order valence-corrected chi connectivity index (χ1v) is 7.27. The van der Waals surface area contributed by atoms with E-state index in [2.05, 4.69) is 66.8 Å². The second-order valence-electron chi connectivity index (χ2n) is 5.37. The van der Waals surface area contributed by atoms with Crippen LogP contribution in [0.2, 0.25) is 0 Å². The molecule has 2 aromatic carbocycles. The van der Waals surface area contributed by atoms with Crippen LogP contribution in [0.5, 0.6) is 5.75 Å². The molecule has 0 aliphatic carbocycles. The molecule has 0 aromatic heterocycles. The zero-order chi connectivity index (χ0) is 15.1. The maximum atomic E-state index is 5.24. The van der Waals surface area contributed by atoms with Crippen LogP contribution >= 0.6 is 0 Å². The van der Waals surface area contributed by atoms with E-state index in [0.717, 1.165) is 18.8 Å². The van der Waals surface area contributed by atoms with Crippen molar-refractivity contribution in [1.82, 2.24) is 10.2 Å². The van der Waals surface area contributed by atoms with Crippen molar-refractivity contribution in [3.8, 4) is 5.75 Å². The molecule has 112 valence electrons. The molecule has 0 aliphatic rings. The molecule has 0 aliphatic heterocycles. The molecule has 3 heteroatoms. The quantitative estimate of drug-likeness (QED) is 0.846. The monoisotopic (exact) mass is 284 g/mol. The number of hydrogen-bond donors (Lipinski definition) is 1. The third-order valence-electron chi connectivity index (χ3n) is 3.49. The average Bonchev–Trinajstić information content (AvgIpc) is 2.52. The summed E-state index contributed by atoms with van der Waals surface area (Å²) in [5.41, 5.74) is 2.53. The van der Waals surface area contributed by atoms with Gasteiger partial charge in [0.25, 0.3) is 0 Å². The molecule has 0 radical (unpaired) electrons. The van der Waals surface area contributed by atoms with Crippen molar-refractivity contribution in [2.45, 2.75) is 6.04 Å². The Balaban J connectivity index is 2.18. The highest BCUT2D eigenvalue weighted by atomic mass is 16.5. The van der Waals surface area contributed by atoms with Gasteiger partial charge in [-0.15, -0.1) is 0 Å². The summed E-state index contributed by atoms with van der Waals surface area (Å²) < 4.78 is 5.24. The first kappa shape index (κ1) is 15.5. The highest BCUT2D eigenvalue weighted by Crippen LogP contribution is 2.23. The second kappa shape index (κ2) is 7.81. The van der Waals surface area contributed by atoms with Gasteiger partial charge in [-0.25, -0.2) is 0 Å². The first-order valence-electron chi connectivity index (χ1n) is 7.27. The zero-order valence-electron chi connectivity index (χ0n) is 13.0. The third-order valence-corrected chi connectivity index (χ3v) is 3.49. The molecular weight excluding hydrogens is 260 g/mol. The van der Waals surface area contributed by atoms with Crippen LogP contribution in [0.25, 0.3) is 0 Å². The van der Waals surface area contributed by atoms with Gasteiger partial charge in [0.15, 0.2) is 0 Å². The molecule has 1 N–H and O–H groups in total. The van der Waals surface area contributed by atoms with Crippen molar-refractivity contribution in [3.63, 3.8) is 0 Å². The lowest BCUT2D eigenvalue weighted by atomic mass is 9.98. The number of benzene rings is 2. The fourth-order valence-electron chi connectivity index (χ4n) is 2.30. The van der Waals surface area contributed by atoms with Crippen LogP contribution < -0.4 is 10.1 Å². The van der Waals surface area contributed by atoms with E-state index in [4.69, 9.17) is 4.74 Å². The fourth-order valence-corrected chi connectivity index (χ4v) is 2.30. The number of nitrogens with one attached hydrogen (secondary N) is 1. The van der Waals surface area contributed by atoms with Gasteiger partial charge in [-0.1, -0.05) is 42.5 Å². The smallest absolute Gasteiger partial charge is 0.118 e. The lowest BCUT2D eigenvalue weighted by Gasteiger charge is -2.21. The molecule has 1 unspecified atom stereocenters. The van der Waals surface area contributed by atoms with Gasteiger partial charge in [0.2, 0.25) is 0 Å². The predicted octanol–water partition coefficient (Wildman–Crippen LogP) is 2.94. The Morgan fingerprint density at radius 1 is 0.952 bits per heavy atom. The van der Waals surface area contributed by atoms with Crippen LogP contribution in [0, 0.1) is 0 Å². The molecule has 1 atom stereocenters. The fraction of sp³-hybridized carbons (Fsp3) is 0.333. The Kier molecular flexibility index (Phi) is 5.78. The lowest BCUT2D eigenvalue weighted by molar-refractivity contribution is 0.392. The van der Waals surface area contributed by atoms with Gasteiger partial charge in [0.1, 0.15) is 5.75 Å². The molecule has 0 heterocycles. The molecule has 0 spiro atoms. The number of rotatable bonds is 7. The van der Waals surface area contributed by atoms with Crippen molar-refractivity contribution < 1.29 is 4.74 Å². The first-order chi connectivity index (χ1) is 10.2. The maximum absolute atomic E-state index is 5.24. The summed E-state index contributed by atoms with van der Waals surface area (Å²) >= 11 is 0. The van der Waals surface area contributed by atoms with E-state index in [-0.39, 0.29) is 6.04 Å². The number of ether oxygens (including phenoxy) is 1. The molecule has 2 aromatic rings. The minimum absolute atomic E-state index is 0.206. The van der Waals surface area contributed by atoms with Gasteiger partial charge in [-0.2, -0.15) is 0 Å². The van der Waals surface area contributed by atoms with Crippen LogP contribution in [0.1, 0.15) is 17.2 Å². The summed E-state index contributed by atoms with van der Waals surface area (Å²) in [5, 5.41) is 3.64. The van der Waals surface area contributed by atoms with Gasteiger partial charge in [-0.3, -0.25) is 0 Å². The molecular formula is C18H24N2O. The van der Waals surface area contributed by atoms with Crippen molar-refractivity contribution in [2.24, 2.45) is 0 Å². The highest BCUT2D eigenvalue weighted by Gasteiger charge is 2.13. The van der Waals surface area contributed by atoms with E-state index >= 15 is 0 Å². The summed E-state index contributed by atoms with van der Waals surface area (Å²) in [6, 6.07) is 19.0. The Bertz CT molecular complexity index is 523. The zero-order valence-corrected chi connectivity index (χ0v) is 13.0. The average molecular weight is 284 g/mol. The molecule has 0 saturated heterocycles. The standard InChI is InChI=1S/C18H24N2O/c1-20(2)14-13-19-18(15-7-5-4-6-8-15)16-9-11-17(21-3)12-10-16/h4-12,18-19H,13-14H2,1-3H3. The maximum Gasteiger partial charge on any atom is 0.118 e. The summed E-state index contributed by atoms with van der Waals surface area (Å²) in [6.45, 7) is 1.96. The number of hydrogen-bond acceptors (Lipinski definition) is 3. The predicted molar refractivity (Wildman–Crippen MR) is 87.8 cm³/mol. The minimum Gasteiger partial charge on any atom is -0.497 e. The van der Waals surface area contributed by atoms with Crippen molar-refractivity contribution >= 4 is 0 Å². The van der Waals surface area contributed by atoms with E-state index in [0.29, 0.717) is 0 Å². The third kappa shape index (κ3) is 4.59. The Morgan fingerprint density at radius 2 is 1.57 bits per heavy atom. The number of methoxy groups -OCH3 is 1. The number of likely N-dealkylation sites (N-methyl/N-ethyl adjacent to an activating group) is 1. The molecule has 0 bridgehead atoms. The lowest BCUT2D eigenvalue weighted by Crippen LogP contribution is -2.30. The van der Waals surface area contributed by atoms with Gasteiger partial charge in [0, 0.05) is 13.1 Å². The molecule has 0 fully saturated rings. The van der Waals surface area contributed by atoms with Crippen molar-refractivity contribution in [2.75, 3.05) is 34.3 Å². The second-order valence-corrected chi connectivity index (χ2v) is 5.37. The van der Waals surface area contributed by atoms with E-state index in [9.17, 15) is 0 Å². The van der Waals surface area contributed by atoms with Gasteiger partial charge >= 0.3 is 0 Å². The molecule has 3 nitrogen and oxygen atoms in total. The van der Waals surface area contributed by atoms with E-state index in [1.165, 1.54) is 11.1 Å². The normalized spacial score (nSPS) is 12.4. The SMILES string of the molecule is COc1ccc(C(NCCN(C)C)c2ccccc2)cc1. The number of nitrogens with zero attached hydrogens (tertiary/aromatic N) is 1. The van der Waals surface area contributed by atoms with Gasteiger partial charge in [0.05, 0.1) is 13.2 Å². The van der Waals surface area contributed by atoms with Gasteiger partial charge < -0.3 is 15.0 Å². The van der Waals surface area contributed by atoms with Crippen molar-refractivity contribution in [1.29, 1.82) is 0 Å². The molecule has 0 saturated carbocycles. The summed E-state index contributed by atoms with van der Waals surface area (Å²) in [6.07, 6.45) is 0. The Morgan fingerprint density at radius 3 is 2.14 bits per heavy atom. The van der Waals surface area contributed by atoms with Crippen LogP contribution in [-0.2, 0) is 0 Å². The van der Waals surface area contributed by atoms with Gasteiger partial charge in [-0.05, 0) is 37.4 Å². The molecule has 0 amide bonds. The summed E-state index contributed by atoms with van der Waals surface area (Å²) in [5.74, 6) is 0.888. The van der Waals surface area contributed by atoms with Crippen molar-refractivity contribution in [3.05, 3.63) is 65.7 Å². The van der Waals surface area contributed by atoms with E-state index in [1.54, 1.807) is 7.11 Å². The van der Waals surface area contributed by atoms with E-state index in [1.807, 2.05) is 12.1 Å². The summed E-state index contributed by atoms with van der Waals surface area (Å²) in [4.78, 5) is 2.18. The molecule has 2 rings (SSSR count). The molecule has 21 heavy (non-hydrogen) atoms.